The van der Waals surface area contributed by atoms with E-state index < -0.39 is 0 Å². The summed E-state index contributed by atoms with van der Waals surface area (Å²) in [6, 6.07) is 6.55. The molecule has 6 nitrogen and oxygen atoms in total. The standard InChI is InChI=1S/C18H24N2O4/c1-3-10-24-18(23)13-4-6-14(7-5-13)20-16(21)8-9-19-17(22)15-11-12(15)2/h4-7,12,15H,3,8-11H2,1-2H3,(H,19,22)(H,20,21). The number of amides is 2. The van der Waals surface area contributed by atoms with E-state index in [9.17, 15) is 14.4 Å². The summed E-state index contributed by atoms with van der Waals surface area (Å²) in [4.78, 5) is 35.2. The predicted molar refractivity (Wildman–Crippen MR) is 90.5 cm³/mol. The molecule has 0 saturated heterocycles. The number of benzene rings is 1. The number of carbonyl (C=O) groups excluding carboxylic acids is 3. The van der Waals surface area contributed by atoms with Crippen LogP contribution in [0.4, 0.5) is 5.69 Å². The van der Waals surface area contributed by atoms with E-state index in [1.54, 1.807) is 24.3 Å². The Morgan fingerprint density at radius 2 is 1.88 bits per heavy atom. The molecule has 1 aromatic rings. The predicted octanol–water partition coefficient (Wildman–Crippen LogP) is 2.35. The van der Waals surface area contributed by atoms with Crippen LogP contribution in [-0.2, 0) is 14.3 Å². The summed E-state index contributed by atoms with van der Waals surface area (Å²) in [6.07, 6.45) is 1.92. The molecule has 0 aliphatic heterocycles. The van der Waals surface area contributed by atoms with Gasteiger partial charge in [-0.05, 0) is 43.0 Å². The molecule has 1 saturated carbocycles. The van der Waals surface area contributed by atoms with Gasteiger partial charge in [-0.3, -0.25) is 9.59 Å². The van der Waals surface area contributed by atoms with Crippen molar-refractivity contribution in [1.29, 1.82) is 0 Å². The zero-order chi connectivity index (χ0) is 17.5. The van der Waals surface area contributed by atoms with Crippen molar-refractivity contribution in [3.8, 4) is 0 Å². The van der Waals surface area contributed by atoms with Crippen LogP contribution >= 0.6 is 0 Å². The highest BCUT2D eigenvalue weighted by Gasteiger charge is 2.38. The van der Waals surface area contributed by atoms with Crippen LogP contribution in [0.25, 0.3) is 0 Å². The molecule has 1 fully saturated rings. The van der Waals surface area contributed by atoms with Gasteiger partial charge in [-0.25, -0.2) is 4.79 Å². The summed E-state index contributed by atoms with van der Waals surface area (Å²) in [5.74, 6) is 0.0619. The van der Waals surface area contributed by atoms with Gasteiger partial charge in [-0.1, -0.05) is 13.8 Å². The maximum Gasteiger partial charge on any atom is 0.338 e. The third-order valence-electron chi connectivity index (χ3n) is 3.94. The van der Waals surface area contributed by atoms with Crippen LogP contribution in [0, 0.1) is 11.8 Å². The molecule has 2 N–H and O–H groups in total. The van der Waals surface area contributed by atoms with Crippen LogP contribution in [-0.4, -0.2) is 30.9 Å². The lowest BCUT2D eigenvalue weighted by molar-refractivity contribution is -0.122. The number of hydrogen-bond acceptors (Lipinski definition) is 4. The minimum Gasteiger partial charge on any atom is -0.462 e. The van der Waals surface area contributed by atoms with Gasteiger partial charge in [0.1, 0.15) is 0 Å². The molecule has 0 radical (unpaired) electrons. The lowest BCUT2D eigenvalue weighted by Crippen LogP contribution is -2.29. The Hall–Kier alpha value is -2.37. The van der Waals surface area contributed by atoms with Crippen LogP contribution in [0.5, 0.6) is 0 Å². The van der Waals surface area contributed by atoms with E-state index in [0.717, 1.165) is 12.8 Å². The van der Waals surface area contributed by atoms with Gasteiger partial charge in [-0.2, -0.15) is 0 Å². The van der Waals surface area contributed by atoms with Crippen LogP contribution < -0.4 is 10.6 Å². The molecule has 1 aliphatic carbocycles. The Kier molecular flexibility index (Phi) is 6.35. The minimum atomic E-state index is -0.369. The van der Waals surface area contributed by atoms with E-state index >= 15 is 0 Å². The number of hydrogen-bond donors (Lipinski definition) is 2. The number of rotatable bonds is 8. The van der Waals surface area contributed by atoms with Crippen molar-refractivity contribution in [2.24, 2.45) is 11.8 Å². The first-order valence-electron chi connectivity index (χ1n) is 8.36. The molecular formula is C18H24N2O4. The largest absolute Gasteiger partial charge is 0.462 e. The molecule has 2 rings (SSSR count). The topological polar surface area (TPSA) is 84.5 Å². The average Bonchev–Trinajstić information content (AvgIpc) is 3.30. The quantitative estimate of drug-likeness (QED) is 0.716. The van der Waals surface area contributed by atoms with Crippen molar-refractivity contribution < 1.29 is 19.1 Å². The summed E-state index contributed by atoms with van der Waals surface area (Å²) in [7, 11) is 0. The third-order valence-corrected chi connectivity index (χ3v) is 3.94. The van der Waals surface area contributed by atoms with Gasteiger partial charge >= 0.3 is 5.97 Å². The van der Waals surface area contributed by atoms with E-state index in [4.69, 9.17) is 4.74 Å². The summed E-state index contributed by atoms with van der Waals surface area (Å²) >= 11 is 0. The molecule has 130 valence electrons. The highest BCUT2D eigenvalue weighted by molar-refractivity contribution is 5.93. The lowest BCUT2D eigenvalue weighted by atomic mass is 10.2. The molecule has 1 aromatic carbocycles. The van der Waals surface area contributed by atoms with Crippen LogP contribution in [0.3, 0.4) is 0 Å². The summed E-state index contributed by atoms with van der Waals surface area (Å²) in [5.41, 5.74) is 1.06. The molecular weight excluding hydrogens is 308 g/mol. The number of nitrogens with one attached hydrogen (secondary N) is 2. The molecule has 1 aliphatic rings. The van der Waals surface area contributed by atoms with Crippen LogP contribution in [0.15, 0.2) is 24.3 Å². The summed E-state index contributed by atoms with van der Waals surface area (Å²) in [5, 5.41) is 5.51. The van der Waals surface area contributed by atoms with Gasteiger partial charge in [-0.15, -0.1) is 0 Å². The number of anilines is 1. The first-order valence-corrected chi connectivity index (χ1v) is 8.36. The van der Waals surface area contributed by atoms with Gasteiger partial charge < -0.3 is 15.4 Å². The van der Waals surface area contributed by atoms with Crippen molar-refractivity contribution in [3.63, 3.8) is 0 Å². The van der Waals surface area contributed by atoms with Gasteiger partial charge in [0.2, 0.25) is 11.8 Å². The summed E-state index contributed by atoms with van der Waals surface area (Å²) in [6.45, 7) is 4.69. The van der Waals surface area contributed by atoms with E-state index in [1.165, 1.54) is 0 Å². The van der Waals surface area contributed by atoms with Crippen molar-refractivity contribution in [2.45, 2.75) is 33.1 Å². The van der Waals surface area contributed by atoms with Crippen molar-refractivity contribution >= 4 is 23.5 Å². The van der Waals surface area contributed by atoms with E-state index in [1.807, 2.05) is 13.8 Å². The van der Waals surface area contributed by atoms with Gasteiger partial charge in [0, 0.05) is 24.6 Å². The maximum atomic E-state index is 11.8. The van der Waals surface area contributed by atoms with Crippen LogP contribution in [0.1, 0.15) is 43.5 Å². The lowest BCUT2D eigenvalue weighted by Gasteiger charge is -2.08. The molecule has 0 aromatic heterocycles. The fourth-order valence-corrected chi connectivity index (χ4v) is 2.31. The monoisotopic (exact) mass is 332 g/mol. The first-order chi connectivity index (χ1) is 11.5. The van der Waals surface area contributed by atoms with E-state index in [2.05, 4.69) is 10.6 Å². The van der Waals surface area contributed by atoms with Gasteiger partial charge in [0.05, 0.1) is 12.2 Å². The number of carbonyl (C=O) groups is 3. The van der Waals surface area contributed by atoms with Crippen LogP contribution in [0.2, 0.25) is 0 Å². The molecule has 6 heteroatoms. The second-order valence-corrected chi connectivity index (χ2v) is 6.12. The SMILES string of the molecule is CCCOC(=O)c1ccc(NC(=O)CCNC(=O)C2CC2C)cc1. The zero-order valence-corrected chi connectivity index (χ0v) is 14.1. The second kappa shape index (κ2) is 8.47. The highest BCUT2D eigenvalue weighted by Crippen LogP contribution is 2.37. The Bertz CT molecular complexity index is 598. The Labute approximate surface area is 142 Å². The highest BCUT2D eigenvalue weighted by atomic mass is 16.5. The molecule has 2 atom stereocenters. The molecule has 2 unspecified atom stereocenters. The third kappa shape index (κ3) is 5.37. The molecule has 0 heterocycles. The summed E-state index contributed by atoms with van der Waals surface area (Å²) < 4.78 is 5.04. The Morgan fingerprint density at radius 1 is 1.21 bits per heavy atom. The van der Waals surface area contributed by atoms with Gasteiger partial charge in [0.15, 0.2) is 0 Å². The molecule has 0 bridgehead atoms. The van der Waals surface area contributed by atoms with Crippen molar-refractivity contribution in [3.05, 3.63) is 29.8 Å². The zero-order valence-electron chi connectivity index (χ0n) is 14.1. The van der Waals surface area contributed by atoms with E-state index in [0.29, 0.717) is 30.3 Å². The van der Waals surface area contributed by atoms with Crippen molar-refractivity contribution in [1.82, 2.24) is 5.32 Å². The fourth-order valence-electron chi connectivity index (χ4n) is 2.31. The maximum absolute atomic E-state index is 11.8. The smallest absolute Gasteiger partial charge is 0.338 e. The number of esters is 1. The van der Waals surface area contributed by atoms with Crippen molar-refractivity contribution in [2.75, 3.05) is 18.5 Å². The van der Waals surface area contributed by atoms with E-state index in [-0.39, 0.29) is 30.1 Å². The average molecular weight is 332 g/mol. The first kappa shape index (κ1) is 18.0. The molecule has 2 amide bonds. The van der Waals surface area contributed by atoms with Gasteiger partial charge in [0.25, 0.3) is 0 Å². The Morgan fingerprint density at radius 3 is 2.46 bits per heavy atom. The molecule has 0 spiro atoms. The second-order valence-electron chi connectivity index (χ2n) is 6.12. The number of ether oxygens (including phenoxy) is 1. The fraction of sp³-hybridized carbons (Fsp3) is 0.500. The normalized spacial score (nSPS) is 18.6. The Balaban J connectivity index is 1.71. The minimum absolute atomic E-state index is 0.0326. The molecule has 24 heavy (non-hydrogen) atoms.